The van der Waals surface area contributed by atoms with Gasteiger partial charge in [0.15, 0.2) is 0 Å². The zero-order valence-corrected chi connectivity index (χ0v) is 26.4. The van der Waals surface area contributed by atoms with Crippen molar-refractivity contribution >= 4 is 45.3 Å². The first-order valence-corrected chi connectivity index (χ1v) is 16.9. The number of rotatable bonds is 20. The molecule has 0 fully saturated rings. The predicted molar refractivity (Wildman–Crippen MR) is 183 cm³/mol. The van der Waals surface area contributed by atoms with Crippen molar-refractivity contribution in [3.05, 3.63) is 43.3 Å². The van der Waals surface area contributed by atoms with Gasteiger partial charge in [0.25, 0.3) is 11.1 Å². The lowest BCUT2D eigenvalue weighted by Gasteiger charge is -2.09. The average molecular weight is 577 g/mol. The number of nitrogen functional groups attached to an aromatic ring is 2. The summed E-state index contributed by atoms with van der Waals surface area (Å²) in [6.45, 7) is 4.50. The number of nitrogens with two attached hydrogens (primary N) is 2. The quantitative estimate of drug-likeness (QED) is 0.0806. The molecule has 0 unspecified atom stereocenters. The molecule has 0 aliphatic rings. The van der Waals surface area contributed by atoms with Crippen LogP contribution in [0.5, 0.6) is 0 Å². The van der Waals surface area contributed by atoms with Crippen molar-refractivity contribution in [1.29, 1.82) is 0 Å². The second kappa shape index (κ2) is 18.5. The van der Waals surface area contributed by atoms with Crippen molar-refractivity contribution in [3.8, 4) is 0 Å². The molecule has 0 radical (unpaired) electrons. The Morgan fingerprint density at radius 2 is 0.833 bits per heavy atom. The highest BCUT2D eigenvalue weighted by atomic mass is 16.1. The van der Waals surface area contributed by atoms with Gasteiger partial charge in [-0.15, -0.1) is 0 Å². The molecule has 0 spiro atoms. The monoisotopic (exact) mass is 576 g/mol. The maximum absolute atomic E-state index is 13.3. The Hall–Kier alpha value is -3.02. The van der Waals surface area contributed by atoms with Gasteiger partial charge in [-0.1, -0.05) is 129 Å². The third-order valence-electron chi connectivity index (χ3n) is 8.54. The molecule has 3 aromatic rings. The predicted octanol–water partition coefficient (Wildman–Crippen LogP) is 7.94. The van der Waals surface area contributed by atoms with E-state index in [1.165, 1.54) is 89.9 Å². The summed E-state index contributed by atoms with van der Waals surface area (Å²) in [4.78, 5) is 32.2. The number of aromatic amines is 2. The largest absolute Gasteiger partial charge is 0.385 e. The lowest BCUT2D eigenvalue weighted by atomic mass is 9.97. The van der Waals surface area contributed by atoms with E-state index >= 15 is 0 Å². The molecule has 0 amide bonds. The van der Waals surface area contributed by atoms with Crippen molar-refractivity contribution in [2.75, 3.05) is 11.5 Å². The molecule has 232 valence electrons. The Kier molecular flexibility index (Phi) is 14.8. The van der Waals surface area contributed by atoms with Crippen LogP contribution in [0.4, 0.5) is 11.6 Å². The average Bonchev–Trinajstić information content (AvgIpc) is 2.95. The minimum absolute atomic E-state index is 0.221. The highest BCUT2D eigenvalue weighted by Crippen LogP contribution is 2.15. The van der Waals surface area contributed by atoms with Gasteiger partial charge in [-0.25, -0.2) is 0 Å². The van der Waals surface area contributed by atoms with Gasteiger partial charge < -0.3 is 21.4 Å². The maximum Gasteiger partial charge on any atom is 0.258 e. The van der Waals surface area contributed by atoms with Crippen molar-refractivity contribution in [2.45, 2.75) is 142 Å². The van der Waals surface area contributed by atoms with Crippen molar-refractivity contribution < 1.29 is 0 Å². The van der Waals surface area contributed by atoms with Crippen LogP contribution in [0.2, 0.25) is 0 Å². The summed E-state index contributed by atoms with van der Waals surface area (Å²) in [7, 11) is 0. The Morgan fingerprint density at radius 1 is 0.524 bits per heavy atom. The highest BCUT2D eigenvalue weighted by Gasteiger charge is 2.13. The lowest BCUT2D eigenvalue weighted by Crippen LogP contribution is -2.28. The van der Waals surface area contributed by atoms with Gasteiger partial charge >= 0.3 is 0 Å². The molecular weight excluding hydrogens is 520 g/mol. The van der Waals surface area contributed by atoms with Gasteiger partial charge in [-0.3, -0.25) is 9.59 Å². The van der Waals surface area contributed by atoms with Crippen LogP contribution in [0.25, 0.3) is 33.7 Å². The molecule has 6 N–H and O–H groups in total. The van der Waals surface area contributed by atoms with E-state index in [0.717, 1.165) is 59.7 Å². The van der Waals surface area contributed by atoms with E-state index in [9.17, 15) is 9.59 Å². The molecule has 3 rings (SSSR count). The minimum atomic E-state index is -0.221. The second-order valence-electron chi connectivity index (χ2n) is 12.2. The molecule has 0 atom stereocenters. The fourth-order valence-electron chi connectivity index (χ4n) is 6.22. The number of benzene rings is 1. The van der Waals surface area contributed by atoms with E-state index in [-0.39, 0.29) is 11.1 Å². The molecule has 1 aromatic carbocycles. The molecule has 2 aromatic heterocycles. The summed E-state index contributed by atoms with van der Waals surface area (Å²) in [5.41, 5.74) is 11.8. The fraction of sp³-hybridized carbons (Fsp3) is 0.611. The van der Waals surface area contributed by atoms with Crippen LogP contribution in [-0.2, 0) is 0 Å². The van der Waals surface area contributed by atoms with Crippen LogP contribution in [0.1, 0.15) is 142 Å². The summed E-state index contributed by atoms with van der Waals surface area (Å²) >= 11 is 0. The summed E-state index contributed by atoms with van der Waals surface area (Å²) in [5, 5.41) is 4.26. The summed E-state index contributed by atoms with van der Waals surface area (Å²) < 4.78 is 0. The Bertz CT molecular complexity index is 1370. The zero-order valence-electron chi connectivity index (χ0n) is 26.4. The van der Waals surface area contributed by atoms with E-state index in [1.807, 2.05) is 12.1 Å². The van der Waals surface area contributed by atoms with Gasteiger partial charge in [0.05, 0.1) is 10.8 Å². The molecule has 0 aliphatic heterocycles. The van der Waals surface area contributed by atoms with Gasteiger partial charge in [-0.2, -0.15) is 0 Å². The van der Waals surface area contributed by atoms with Gasteiger partial charge in [0.2, 0.25) is 0 Å². The van der Waals surface area contributed by atoms with E-state index < -0.39 is 0 Å². The fourth-order valence-corrected chi connectivity index (χ4v) is 6.22. The standard InChI is InChI=1S/C36H56N4O2/c1-3-5-7-9-11-13-15-17-19-21-23-27-29-25-31(37)40-36(42)34(29)28(30-26-32(38)39-35(41)33(27)30)24-22-20-18-16-14-12-10-8-6-4-2/h23-26H,3-22H2,1-2H3,(H3,38,39,41)(H3,37,40,42)/b27-23+,28-24+. The van der Waals surface area contributed by atoms with Crippen LogP contribution in [0.3, 0.4) is 0 Å². The topological polar surface area (TPSA) is 118 Å². The summed E-state index contributed by atoms with van der Waals surface area (Å²) in [6, 6.07) is 3.62. The zero-order chi connectivity index (χ0) is 30.2. The van der Waals surface area contributed by atoms with Gasteiger partial charge in [0, 0.05) is 0 Å². The molecule has 42 heavy (non-hydrogen) atoms. The van der Waals surface area contributed by atoms with Crippen molar-refractivity contribution in [3.63, 3.8) is 0 Å². The minimum Gasteiger partial charge on any atom is -0.385 e. The van der Waals surface area contributed by atoms with Gasteiger partial charge in [-0.05, 0) is 59.0 Å². The summed E-state index contributed by atoms with van der Waals surface area (Å²) in [6.07, 6.45) is 28.6. The number of hydrogen-bond acceptors (Lipinski definition) is 4. The maximum atomic E-state index is 13.3. The molecule has 0 saturated heterocycles. The Labute approximate surface area is 252 Å². The van der Waals surface area contributed by atoms with E-state index in [2.05, 4.69) is 36.0 Å². The third-order valence-corrected chi connectivity index (χ3v) is 8.54. The number of hydrogen-bond donors (Lipinski definition) is 4. The molecule has 2 heterocycles. The normalized spacial score (nSPS) is 12.7. The number of pyridine rings is 2. The molecule has 0 aliphatic carbocycles. The lowest BCUT2D eigenvalue weighted by molar-refractivity contribution is 0.568. The number of H-pyrrole nitrogens is 2. The van der Waals surface area contributed by atoms with E-state index in [1.54, 1.807) is 0 Å². The highest BCUT2D eigenvalue weighted by molar-refractivity contribution is 6.01. The molecule has 0 bridgehead atoms. The second-order valence-corrected chi connectivity index (χ2v) is 12.2. The molecule has 0 saturated carbocycles. The number of unbranched alkanes of at least 4 members (excludes halogenated alkanes) is 18. The van der Waals surface area contributed by atoms with Crippen LogP contribution >= 0.6 is 0 Å². The third kappa shape index (κ3) is 10.1. The first-order chi connectivity index (χ1) is 20.5. The van der Waals surface area contributed by atoms with Crippen LogP contribution in [0.15, 0.2) is 21.7 Å². The van der Waals surface area contributed by atoms with Crippen molar-refractivity contribution in [1.82, 2.24) is 9.97 Å². The number of fused-ring (bicyclic) bond motifs is 2. The number of anilines is 2. The Balaban J connectivity index is 1.83. The molecular formula is C36H56N4O2. The first kappa shape index (κ1) is 33.5. The molecule has 6 nitrogen and oxygen atoms in total. The van der Waals surface area contributed by atoms with Crippen LogP contribution in [0, 0.1) is 0 Å². The number of aromatic nitrogens is 2. The van der Waals surface area contributed by atoms with Crippen LogP contribution in [-0.4, -0.2) is 9.97 Å². The van der Waals surface area contributed by atoms with E-state index in [0.29, 0.717) is 22.4 Å². The van der Waals surface area contributed by atoms with Crippen molar-refractivity contribution in [2.24, 2.45) is 0 Å². The van der Waals surface area contributed by atoms with Gasteiger partial charge in [0.1, 0.15) is 11.6 Å². The smallest absolute Gasteiger partial charge is 0.258 e. The molecule has 6 heteroatoms. The Morgan fingerprint density at radius 3 is 1.17 bits per heavy atom. The SMILES string of the molecule is CCCCCCCCCCC/C=c1\c2cc(N)[nH]c(=O)c2/c(=C/CCCCCCCCCCC)c2cc(N)[nH]c(=O)c12. The van der Waals surface area contributed by atoms with E-state index in [4.69, 9.17) is 11.5 Å². The van der Waals surface area contributed by atoms with Crippen LogP contribution < -0.4 is 33.0 Å². The first-order valence-electron chi connectivity index (χ1n) is 16.9. The number of nitrogens with one attached hydrogen (secondary N) is 2. The summed E-state index contributed by atoms with van der Waals surface area (Å²) in [5.74, 6) is 0.614.